The molecule has 19 heavy (non-hydrogen) atoms. The van der Waals surface area contributed by atoms with Gasteiger partial charge in [0.2, 0.25) is 5.28 Å². The minimum atomic E-state index is 0.216. The van der Waals surface area contributed by atoms with E-state index >= 15 is 0 Å². The summed E-state index contributed by atoms with van der Waals surface area (Å²) < 4.78 is 0. The van der Waals surface area contributed by atoms with Crippen molar-refractivity contribution in [3.05, 3.63) is 40.8 Å². The highest BCUT2D eigenvalue weighted by atomic mass is 35.5. The third kappa shape index (κ3) is 2.63. The summed E-state index contributed by atoms with van der Waals surface area (Å²) in [6.45, 7) is 6.70. The number of hydrogen-bond acceptors (Lipinski definition) is 4. The van der Waals surface area contributed by atoms with E-state index in [4.69, 9.17) is 17.3 Å². The van der Waals surface area contributed by atoms with Gasteiger partial charge in [0.1, 0.15) is 0 Å². The third-order valence-electron chi connectivity index (χ3n) is 3.07. The monoisotopic (exact) mass is 276 g/mol. The minimum Gasteiger partial charge on any atom is -0.394 e. The van der Waals surface area contributed by atoms with Gasteiger partial charge in [-0.25, -0.2) is 4.98 Å². The van der Waals surface area contributed by atoms with Gasteiger partial charge >= 0.3 is 0 Å². The molecule has 4 nitrogen and oxygen atoms in total. The number of aryl methyl sites for hydroxylation is 2. The minimum absolute atomic E-state index is 0.216. The van der Waals surface area contributed by atoms with Gasteiger partial charge in [-0.2, -0.15) is 4.98 Å². The Bertz CT molecular complexity index is 598. The van der Waals surface area contributed by atoms with Crippen LogP contribution in [0.25, 0.3) is 0 Å². The van der Waals surface area contributed by atoms with Crippen LogP contribution in [0.1, 0.15) is 18.2 Å². The van der Waals surface area contributed by atoms with Gasteiger partial charge in [0, 0.05) is 12.2 Å². The van der Waals surface area contributed by atoms with Crippen molar-refractivity contribution in [3.8, 4) is 0 Å². The number of benzene rings is 1. The van der Waals surface area contributed by atoms with Gasteiger partial charge in [0.25, 0.3) is 0 Å². The van der Waals surface area contributed by atoms with E-state index < -0.39 is 0 Å². The molecular formula is C14H17ClN4. The summed E-state index contributed by atoms with van der Waals surface area (Å²) in [5.74, 6) is 0.661. The molecule has 5 heteroatoms. The van der Waals surface area contributed by atoms with Crippen LogP contribution >= 0.6 is 11.6 Å². The standard InChI is InChI=1S/C14H17ClN4/c1-4-19(11-8-6-5-7-9(11)2)13-12(16)10(3)17-14(15)18-13/h5-8H,4,16H2,1-3H3. The largest absolute Gasteiger partial charge is 0.394 e. The average molecular weight is 277 g/mol. The lowest BCUT2D eigenvalue weighted by molar-refractivity contribution is 0.965. The maximum Gasteiger partial charge on any atom is 0.224 e. The molecule has 0 aliphatic carbocycles. The van der Waals surface area contributed by atoms with Crippen LogP contribution in [0.2, 0.25) is 5.28 Å². The van der Waals surface area contributed by atoms with E-state index in [2.05, 4.69) is 29.9 Å². The Morgan fingerprint density at radius 2 is 1.89 bits per heavy atom. The first-order valence-electron chi connectivity index (χ1n) is 6.17. The fourth-order valence-electron chi connectivity index (χ4n) is 2.04. The highest BCUT2D eigenvalue weighted by Crippen LogP contribution is 2.32. The smallest absolute Gasteiger partial charge is 0.224 e. The Hall–Kier alpha value is -1.81. The number of anilines is 3. The van der Waals surface area contributed by atoms with Crippen molar-refractivity contribution < 1.29 is 0 Å². The number of nitrogen functional groups attached to an aromatic ring is 1. The molecule has 2 rings (SSSR count). The molecule has 0 aliphatic heterocycles. The molecule has 2 N–H and O–H groups in total. The molecule has 0 bridgehead atoms. The molecule has 0 aliphatic rings. The van der Waals surface area contributed by atoms with Crippen LogP contribution in [0, 0.1) is 13.8 Å². The molecule has 100 valence electrons. The number of nitrogens with two attached hydrogens (primary N) is 1. The number of nitrogens with zero attached hydrogens (tertiary/aromatic N) is 3. The summed E-state index contributed by atoms with van der Waals surface area (Å²) in [6.07, 6.45) is 0. The first-order valence-corrected chi connectivity index (χ1v) is 6.55. The normalized spacial score (nSPS) is 10.5. The Morgan fingerprint density at radius 3 is 2.53 bits per heavy atom. The van der Waals surface area contributed by atoms with Crippen LogP contribution in [0.15, 0.2) is 24.3 Å². The molecule has 0 fully saturated rings. The zero-order valence-corrected chi connectivity index (χ0v) is 12.1. The summed E-state index contributed by atoms with van der Waals surface area (Å²) in [5, 5.41) is 0.216. The van der Waals surface area contributed by atoms with Crippen molar-refractivity contribution in [2.75, 3.05) is 17.2 Å². The van der Waals surface area contributed by atoms with E-state index in [1.165, 1.54) is 0 Å². The summed E-state index contributed by atoms with van der Waals surface area (Å²) in [6, 6.07) is 8.11. The van der Waals surface area contributed by atoms with Crippen LogP contribution in [0.4, 0.5) is 17.2 Å². The van der Waals surface area contributed by atoms with Crippen LogP contribution in [-0.4, -0.2) is 16.5 Å². The second-order valence-electron chi connectivity index (χ2n) is 4.35. The Balaban J connectivity index is 2.58. The molecule has 1 aromatic carbocycles. The van der Waals surface area contributed by atoms with Gasteiger partial charge in [0.05, 0.1) is 11.4 Å². The molecule has 0 spiro atoms. The van der Waals surface area contributed by atoms with E-state index in [1.807, 2.05) is 30.0 Å². The predicted octanol–water partition coefficient (Wildman–Crippen LogP) is 3.49. The van der Waals surface area contributed by atoms with Gasteiger partial charge in [-0.05, 0) is 44.0 Å². The van der Waals surface area contributed by atoms with Gasteiger partial charge in [-0.15, -0.1) is 0 Å². The molecule has 0 amide bonds. The maximum absolute atomic E-state index is 6.09. The van der Waals surface area contributed by atoms with E-state index in [-0.39, 0.29) is 5.28 Å². The van der Waals surface area contributed by atoms with Gasteiger partial charge in [0.15, 0.2) is 5.82 Å². The van der Waals surface area contributed by atoms with E-state index in [9.17, 15) is 0 Å². The van der Waals surface area contributed by atoms with Gasteiger partial charge in [-0.1, -0.05) is 18.2 Å². The second-order valence-corrected chi connectivity index (χ2v) is 4.68. The highest BCUT2D eigenvalue weighted by Gasteiger charge is 2.16. The van der Waals surface area contributed by atoms with Crippen LogP contribution in [-0.2, 0) is 0 Å². The first-order chi connectivity index (χ1) is 9.04. The Kier molecular flexibility index (Phi) is 3.90. The number of rotatable bonds is 3. The topological polar surface area (TPSA) is 55.0 Å². The zero-order chi connectivity index (χ0) is 14.0. The maximum atomic E-state index is 6.09. The van der Waals surface area contributed by atoms with Crippen molar-refractivity contribution in [2.45, 2.75) is 20.8 Å². The highest BCUT2D eigenvalue weighted by molar-refractivity contribution is 6.28. The summed E-state index contributed by atoms with van der Waals surface area (Å²) >= 11 is 5.95. The lowest BCUT2D eigenvalue weighted by Gasteiger charge is -2.25. The summed E-state index contributed by atoms with van der Waals surface area (Å²) in [5.41, 5.74) is 9.59. The fourth-order valence-corrected chi connectivity index (χ4v) is 2.25. The van der Waals surface area contributed by atoms with Gasteiger partial charge < -0.3 is 10.6 Å². The van der Waals surface area contributed by atoms with E-state index in [0.717, 1.165) is 17.8 Å². The summed E-state index contributed by atoms with van der Waals surface area (Å²) in [4.78, 5) is 10.4. The molecule has 1 heterocycles. The molecule has 1 aromatic heterocycles. The molecule has 0 saturated heterocycles. The molecule has 0 radical (unpaired) electrons. The lowest BCUT2D eigenvalue weighted by atomic mass is 10.1. The number of hydrogen-bond donors (Lipinski definition) is 1. The number of para-hydroxylation sites is 1. The van der Waals surface area contributed by atoms with E-state index in [0.29, 0.717) is 17.2 Å². The molecule has 0 saturated carbocycles. The van der Waals surface area contributed by atoms with Crippen LogP contribution in [0.3, 0.4) is 0 Å². The quantitative estimate of drug-likeness (QED) is 0.872. The molecule has 2 aromatic rings. The number of halogens is 1. The number of aromatic nitrogens is 2. The van der Waals surface area contributed by atoms with Crippen molar-refractivity contribution >= 4 is 28.8 Å². The molecular weight excluding hydrogens is 260 g/mol. The zero-order valence-electron chi connectivity index (χ0n) is 11.3. The van der Waals surface area contributed by atoms with Crippen LogP contribution in [0.5, 0.6) is 0 Å². The van der Waals surface area contributed by atoms with Gasteiger partial charge in [-0.3, -0.25) is 0 Å². The average Bonchev–Trinajstić information content (AvgIpc) is 2.38. The summed E-state index contributed by atoms with van der Waals surface area (Å²) in [7, 11) is 0. The fraction of sp³-hybridized carbons (Fsp3) is 0.286. The third-order valence-corrected chi connectivity index (χ3v) is 3.24. The van der Waals surface area contributed by atoms with Crippen molar-refractivity contribution in [1.82, 2.24) is 9.97 Å². The SMILES string of the molecule is CCN(c1ccccc1C)c1nc(Cl)nc(C)c1N. The molecule has 0 unspecified atom stereocenters. The first kappa shape index (κ1) is 13.6. The van der Waals surface area contributed by atoms with Crippen molar-refractivity contribution in [2.24, 2.45) is 0 Å². The Morgan fingerprint density at radius 1 is 1.21 bits per heavy atom. The Labute approximate surface area is 118 Å². The lowest BCUT2D eigenvalue weighted by Crippen LogP contribution is -2.20. The molecule has 0 atom stereocenters. The predicted molar refractivity (Wildman–Crippen MR) is 80.1 cm³/mol. The van der Waals surface area contributed by atoms with Crippen molar-refractivity contribution in [1.29, 1.82) is 0 Å². The van der Waals surface area contributed by atoms with Crippen molar-refractivity contribution in [3.63, 3.8) is 0 Å². The van der Waals surface area contributed by atoms with Crippen LogP contribution < -0.4 is 10.6 Å². The second kappa shape index (κ2) is 5.45. The van der Waals surface area contributed by atoms with E-state index in [1.54, 1.807) is 0 Å².